The average Bonchev–Trinajstić information content (AvgIpc) is 2.88. The topological polar surface area (TPSA) is 42.6 Å². The molecule has 0 saturated heterocycles. The molecule has 3 nitrogen and oxygen atoms in total. The minimum absolute atomic E-state index is 0.0633. The fourth-order valence-corrected chi connectivity index (χ4v) is 1.41. The number of rotatable bonds is 4. The first-order valence-electron chi connectivity index (χ1n) is 5.60. The van der Waals surface area contributed by atoms with E-state index in [9.17, 15) is 4.79 Å². The van der Waals surface area contributed by atoms with Crippen LogP contribution in [0.15, 0.2) is 64.3 Å². The van der Waals surface area contributed by atoms with Gasteiger partial charge in [-0.25, -0.2) is 0 Å². The zero-order valence-electron chi connectivity index (χ0n) is 10.0. The van der Waals surface area contributed by atoms with Crippen LogP contribution in [0.3, 0.4) is 0 Å². The Kier molecular flexibility index (Phi) is 3.86. The molecule has 2 aromatic rings. The van der Waals surface area contributed by atoms with E-state index in [1.54, 1.807) is 36.7 Å². The summed E-state index contributed by atoms with van der Waals surface area (Å²) in [4.78, 5) is 15.7. The Morgan fingerprint density at radius 1 is 1.22 bits per heavy atom. The Labute approximate surface area is 105 Å². The molecule has 0 aliphatic heterocycles. The minimum Gasteiger partial charge on any atom is -0.463 e. The predicted molar refractivity (Wildman–Crippen MR) is 71.0 cm³/mol. The van der Waals surface area contributed by atoms with Gasteiger partial charge in [-0.05, 0) is 19.1 Å². The summed E-state index contributed by atoms with van der Waals surface area (Å²) >= 11 is 0. The highest BCUT2D eigenvalue weighted by molar-refractivity contribution is 6.04. The number of nitrogens with zero attached hydrogens (tertiary/aromatic N) is 1. The van der Waals surface area contributed by atoms with Gasteiger partial charge in [0, 0.05) is 17.8 Å². The molecule has 0 N–H and O–H groups in total. The van der Waals surface area contributed by atoms with Gasteiger partial charge in [-0.2, -0.15) is 0 Å². The second kappa shape index (κ2) is 5.77. The predicted octanol–water partition coefficient (Wildman–Crippen LogP) is 3.40. The van der Waals surface area contributed by atoms with E-state index < -0.39 is 0 Å². The fraction of sp³-hybridized carbons (Fsp3) is 0.0667. The SMILES string of the molecule is Cc1ccc(C(=O)/C=C\N=C/c2ccco2)cc1. The van der Waals surface area contributed by atoms with Crippen LogP contribution in [0.2, 0.25) is 0 Å². The van der Waals surface area contributed by atoms with Crippen molar-refractivity contribution in [3.63, 3.8) is 0 Å². The first kappa shape index (κ1) is 12.0. The summed E-state index contributed by atoms with van der Waals surface area (Å²) in [5.74, 6) is 0.592. The number of carbonyl (C=O) groups excluding carboxylic acids is 1. The molecule has 3 heteroatoms. The van der Waals surface area contributed by atoms with Crippen molar-refractivity contribution in [1.29, 1.82) is 0 Å². The number of allylic oxidation sites excluding steroid dienone is 1. The Balaban J connectivity index is 1.97. The summed E-state index contributed by atoms with van der Waals surface area (Å²) in [6.07, 6.45) is 6.02. The summed E-state index contributed by atoms with van der Waals surface area (Å²) in [7, 11) is 0. The van der Waals surface area contributed by atoms with Crippen LogP contribution in [-0.4, -0.2) is 12.0 Å². The molecule has 0 atom stereocenters. The molecule has 0 aliphatic rings. The van der Waals surface area contributed by atoms with Gasteiger partial charge in [-0.3, -0.25) is 9.79 Å². The number of furan rings is 1. The van der Waals surface area contributed by atoms with Crippen molar-refractivity contribution >= 4 is 12.0 Å². The molecule has 0 amide bonds. The molecule has 0 saturated carbocycles. The van der Waals surface area contributed by atoms with Gasteiger partial charge < -0.3 is 4.42 Å². The standard InChI is InChI=1S/C15H13NO2/c1-12-4-6-13(7-5-12)15(17)8-9-16-11-14-3-2-10-18-14/h2-11H,1H3/b9-8-,16-11-. The number of hydrogen-bond acceptors (Lipinski definition) is 3. The molecule has 0 radical (unpaired) electrons. The molecule has 0 fully saturated rings. The summed E-state index contributed by atoms with van der Waals surface area (Å²) in [5, 5.41) is 0. The summed E-state index contributed by atoms with van der Waals surface area (Å²) in [6, 6.07) is 11.0. The molecule has 18 heavy (non-hydrogen) atoms. The van der Waals surface area contributed by atoms with Crippen LogP contribution in [0.25, 0.3) is 0 Å². The van der Waals surface area contributed by atoms with E-state index in [0.717, 1.165) is 5.56 Å². The molecule has 0 bridgehead atoms. The average molecular weight is 239 g/mol. The third-order valence-corrected chi connectivity index (χ3v) is 2.39. The first-order valence-corrected chi connectivity index (χ1v) is 5.60. The molecule has 1 aromatic carbocycles. The van der Waals surface area contributed by atoms with Crippen molar-refractivity contribution in [1.82, 2.24) is 0 Å². The quantitative estimate of drug-likeness (QED) is 0.466. The van der Waals surface area contributed by atoms with Crippen molar-refractivity contribution in [3.05, 3.63) is 71.8 Å². The number of carbonyl (C=O) groups is 1. The lowest BCUT2D eigenvalue weighted by molar-refractivity contribution is 0.104. The van der Waals surface area contributed by atoms with Gasteiger partial charge in [0.1, 0.15) is 5.76 Å². The number of benzene rings is 1. The van der Waals surface area contributed by atoms with Crippen molar-refractivity contribution in [2.45, 2.75) is 6.92 Å². The van der Waals surface area contributed by atoms with Crippen LogP contribution in [-0.2, 0) is 0 Å². The zero-order chi connectivity index (χ0) is 12.8. The third kappa shape index (κ3) is 3.28. The molecule has 1 heterocycles. The molecule has 2 rings (SSSR count). The van der Waals surface area contributed by atoms with E-state index in [2.05, 4.69) is 4.99 Å². The minimum atomic E-state index is -0.0633. The molecular formula is C15H13NO2. The van der Waals surface area contributed by atoms with E-state index in [-0.39, 0.29) is 5.78 Å². The summed E-state index contributed by atoms with van der Waals surface area (Å²) in [6.45, 7) is 1.98. The Morgan fingerprint density at radius 3 is 2.67 bits per heavy atom. The smallest absolute Gasteiger partial charge is 0.187 e. The van der Waals surface area contributed by atoms with E-state index in [1.807, 2.05) is 19.1 Å². The van der Waals surface area contributed by atoms with E-state index in [0.29, 0.717) is 11.3 Å². The van der Waals surface area contributed by atoms with Crippen LogP contribution in [0.5, 0.6) is 0 Å². The number of ketones is 1. The molecule has 0 aliphatic carbocycles. The molecule has 0 unspecified atom stereocenters. The maximum absolute atomic E-state index is 11.7. The lowest BCUT2D eigenvalue weighted by atomic mass is 10.1. The maximum atomic E-state index is 11.7. The van der Waals surface area contributed by atoms with Crippen LogP contribution in [0.4, 0.5) is 0 Å². The number of aryl methyl sites for hydroxylation is 1. The maximum Gasteiger partial charge on any atom is 0.187 e. The Bertz CT molecular complexity index is 563. The zero-order valence-corrected chi connectivity index (χ0v) is 10.0. The Hall–Kier alpha value is -2.42. The van der Waals surface area contributed by atoms with E-state index in [1.165, 1.54) is 12.3 Å². The molecular weight excluding hydrogens is 226 g/mol. The van der Waals surface area contributed by atoms with Crippen LogP contribution in [0.1, 0.15) is 21.7 Å². The van der Waals surface area contributed by atoms with Crippen LogP contribution < -0.4 is 0 Å². The highest BCUT2D eigenvalue weighted by Crippen LogP contribution is 2.04. The normalized spacial score (nSPS) is 11.4. The monoisotopic (exact) mass is 239 g/mol. The van der Waals surface area contributed by atoms with Crippen LogP contribution in [0, 0.1) is 6.92 Å². The van der Waals surface area contributed by atoms with Gasteiger partial charge in [-0.1, -0.05) is 29.8 Å². The highest BCUT2D eigenvalue weighted by atomic mass is 16.3. The van der Waals surface area contributed by atoms with Crippen LogP contribution >= 0.6 is 0 Å². The number of hydrogen-bond donors (Lipinski definition) is 0. The van der Waals surface area contributed by atoms with Gasteiger partial charge >= 0.3 is 0 Å². The lowest BCUT2D eigenvalue weighted by Crippen LogP contribution is -1.93. The van der Waals surface area contributed by atoms with Crippen molar-refractivity contribution in [3.8, 4) is 0 Å². The molecule has 1 aromatic heterocycles. The van der Waals surface area contributed by atoms with Gasteiger partial charge in [0.2, 0.25) is 0 Å². The second-order valence-corrected chi connectivity index (χ2v) is 3.84. The van der Waals surface area contributed by atoms with Crippen molar-refractivity contribution in [2.75, 3.05) is 0 Å². The van der Waals surface area contributed by atoms with Crippen molar-refractivity contribution in [2.24, 2.45) is 4.99 Å². The molecule has 90 valence electrons. The van der Waals surface area contributed by atoms with Gasteiger partial charge in [0.15, 0.2) is 5.78 Å². The first-order chi connectivity index (χ1) is 8.75. The highest BCUT2D eigenvalue weighted by Gasteiger charge is 1.99. The van der Waals surface area contributed by atoms with Gasteiger partial charge in [-0.15, -0.1) is 0 Å². The largest absolute Gasteiger partial charge is 0.463 e. The van der Waals surface area contributed by atoms with E-state index >= 15 is 0 Å². The van der Waals surface area contributed by atoms with Crippen molar-refractivity contribution < 1.29 is 9.21 Å². The van der Waals surface area contributed by atoms with Gasteiger partial charge in [0.25, 0.3) is 0 Å². The summed E-state index contributed by atoms with van der Waals surface area (Å²) < 4.78 is 5.07. The third-order valence-electron chi connectivity index (χ3n) is 2.39. The summed E-state index contributed by atoms with van der Waals surface area (Å²) in [5.41, 5.74) is 1.79. The second-order valence-electron chi connectivity index (χ2n) is 3.84. The lowest BCUT2D eigenvalue weighted by Gasteiger charge is -1.95. The number of aliphatic imine (C=N–C) groups is 1. The van der Waals surface area contributed by atoms with Gasteiger partial charge in [0.05, 0.1) is 12.5 Å². The Morgan fingerprint density at radius 2 is 2.00 bits per heavy atom. The molecule has 0 spiro atoms. The fourth-order valence-electron chi connectivity index (χ4n) is 1.41. The van der Waals surface area contributed by atoms with E-state index in [4.69, 9.17) is 4.42 Å².